The van der Waals surface area contributed by atoms with Gasteiger partial charge in [0.1, 0.15) is 5.75 Å². The van der Waals surface area contributed by atoms with Crippen molar-refractivity contribution in [2.75, 3.05) is 26.7 Å². The van der Waals surface area contributed by atoms with Crippen LogP contribution >= 0.6 is 11.8 Å². The molecule has 1 aromatic carbocycles. The van der Waals surface area contributed by atoms with Gasteiger partial charge in [0, 0.05) is 30.9 Å². The largest absolute Gasteiger partial charge is 0.496 e. The monoisotopic (exact) mass is 468 g/mol. The number of nitrogens with zero attached hydrogens (tertiary/aromatic N) is 3. The molecular weight excluding hydrogens is 436 g/mol. The Hall–Kier alpha value is -2.74. The maximum atomic E-state index is 13.7. The molecule has 8 heteroatoms. The molecule has 176 valence electrons. The normalized spacial score (nSPS) is 19.6. The standard InChI is InChI=1S/C25H32N4O3S/c1-5-28(6-2)24(31)22-16(3)27-25-29(23(22)19-9-7-8-10-20(19)32-4)18(15-33-25)13-21(30)26-14-17-11-12-17/h7-10,15,17,23H,5-6,11-14H2,1-4H3,(H,26,30). The highest BCUT2D eigenvalue weighted by Crippen LogP contribution is 2.47. The Balaban J connectivity index is 1.73. The van der Waals surface area contributed by atoms with Crippen molar-refractivity contribution < 1.29 is 14.3 Å². The third kappa shape index (κ3) is 4.81. The van der Waals surface area contributed by atoms with E-state index in [1.54, 1.807) is 7.11 Å². The average molecular weight is 469 g/mol. The van der Waals surface area contributed by atoms with E-state index in [1.807, 2.05) is 60.2 Å². The van der Waals surface area contributed by atoms with Crippen molar-refractivity contribution in [1.29, 1.82) is 0 Å². The minimum absolute atomic E-state index is 0.00308. The zero-order valence-electron chi connectivity index (χ0n) is 19.8. The lowest BCUT2D eigenvalue weighted by atomic mass is 9.92. The third-order valence-electron chi connectivity index (χ3n) is 6.34. The van der Waals surface area contributed by atoms with Crippen LogP contribution < -0.4 is 10.1 Å². The molecule has 0 aromatic heterocycles. The van der Waals surface area contributed by atoms with Gasteiger partial charge in [0.2, 0.25) is 5.91 Å². The average Bonchev–Trinajstić information content (AvgIpc) is 3.58. The quantitative estimate of drug-likeness (QED) is 0.592. The second kappa shape index (κ2) is 10.0. The van der Waals surface area contributed by atoms with E-state index in [9.17, 15) is 9.59 Å². The summed E-state index contributed by atoms with van der Waals surface area (Å²) in [5.41, 5.74) is 3.06. The molecule has 1 aromatic rings. The van der Waals surface area contributed by atoms with Crippen molar-refractivity contribution in [2.45, 2.75) is 46.1 Å². The maximum absolute atomic E-state index is 13.7. The number of amidine groups is 1. The Kier molecular flexibility index (Phi) is 7.12. The van der Waals surface area contributed by atoms with Gasteiger partial charge in [-0.25, -0.2) is 4.99 Å². The van der Waals surface area contributed by atoms with Crippen LogP contribution in [0.4, 0.5) is 0 Å². The number of fused-ring (bicyclic) bond motifs is 1. The van der Waals surface area contributed by atoms with Gasteiger partial charge in [0.15, 0.2) is 5.17 Å². The first-order chi connectivity index (χ1) is 16.0. The van der Waals surface area contributed by atoms with E-state index >= 15 is 0 Å². The maximum Gasteiger partial charge on any atom is 0.254 e. The fraction of sp³-hybridized carbons (Fsp3) is 0.480. The number of benzene rings is 1. The smallest absolute Gasteiger partial charge is 0.254 e. The SMILES string of the molecule is CCN(CC)C(=O)C1=C(C)N=C2SC=C(CC(=O)NCC3CC3)N2C1c1ccccc1OC. The predicted molar refractivity (Wildman–Crippen MR) is 132 cm³/mol. The number of thioether (sulfide) groups is 1. The van der Waals surface area contributed by atoms with Crippen LogP contribution in [0.1, 0.15) is 51.6 Å². The Labute approximate surface area is 199 Å². The number of hydrogen-bond donors (Lipinski definition) is 1. The molecule has 33 heavy (non-hydrogen) atoms. The van der Waals surface area contributed by atoms with Gasteiger partial charge < -0.3 is 19.9 Å². The summed E-state index contributed by atoms with van der Waals surface area (Å²) < 4.78 is 5.69. The summed E-state index contributed by atoms with van der Waals surface area (Å²) >= 11 is 1.50. The fourth-order valence-corrected chi connectivity index (χ4v) is 5.28. The molecule has 2 aliphatic heterocycles. The number of likely N-dealkylation sites (N-methyl/N-ethyl adjacent to an activating group) is 1. The third-order valence-corrected chi connectivity index (χ3v) is 7.23. The zero-order chi connectivity index (χ0) is 23.5. The first-order valence-electron chi connectivity index (χ1n) is 11.6. The predicted octanol–water partition coefficient (Wildman–Crippen LogP) is 4.05. The van der Waals surface area contributed by atoms with Crippen molar-refractivity contribution in [3.63, 3.8) is 0 Å². The number of nitrogens with one attached hydrogen (secondary N) is 1. The van der Waals surface area contributed by atoms with E-state index < -0.39 is 6.04 Å². The number of para-hydroxylation sites is 1. The number of carbonyl (C=O) groups is 2. The van der Waals surface area contributed by atoms with Crippen LogP contribution in [-0.2, 0) is 9.59 Å². The molecule has 1 saturated carbocycles. The molecule has 0 bridgehead atoms. The molecule has 1 fully saturated rings. The van der Waals surface area contributed by atoms with Gasteiger partial charge in [-0.05, 0) is 51.0 Å². The van der Waals surface area contributed by atoms with E-state index in [2.05, 4.69) is 5.32 Å². The molecule has 0 radical (unpaired) electrons. The molecule has 1 unspecified atom stereocenters. The second-order valence-corrected chi connectivity index (χ2v) is 9.37. The number of methoxy groups -OCH3 is 1. The van der Waals surface area contributed by atoms with Crippen LogP contribution in [0.5, 0.6) is 5.75 Å². The van der Waals surface area contributed by atoms with Crippen molar-refractivity contribution in [3.8, 4) is 5.75 Å². The topological polar surface area (TPSA) is 74.2 Å². The molecule has 7 nitrogen and oxygen atoms in total. The number of amides is 2. The molecule has 3 aliphatic rings. The summed E-state index contributed by atoms with van der Waals surface area (Å²) in [7, 11) is 1.64. The molecule has 0 spiro atoms. The lowest BCUT2D eigenvalue weighted by molar-refractivity contribution is -0.127. The number of ether oxygens (including phenoxy) is 1. The summed E-state index contributed by atoms with van der Waals surface area (Å²) in [5, 5.41) is 5.82. The molecule has 2 amide bonds. The summed E-state index contributed by atoms with van der Waals surface area (Å²) in [4.78, 5) is 35.0. The van der Waals surface area contributed by atoms with Crippen LogP contribution in [0.2, 0.25) is 0 Å². The highest BCUT2D eigenvalue weighted by molar-refractivity contribution is 8.16. The number of carbonyl (C=O) groups excluding carboxylic acids is 2. The minimum Gasteiger partial charge on any atom is -0.496 e. The van der Waals surface area contributed by atoms with Crippen LogP contribution in [0.25, 0.3) is 0 Å². The zero-order valence-corrected chi connectivity index (χ0v) is 20.6. The van der Waals surface area contributed by atoms with Gasteiger partial charge in [-0.3, -0.25) is 9.59 Å². The van der Waals surface area contributed by atoms with Gasteiger partial charge in [-0.2, -0.15) is 0 Å². The minimum atomic E-state index is -0.417. The van der Waals surface area contributed by atoms with E-state index in [1.165, 1.54) is 24.6 Å². The van der Waals surface area contributed by atoms with Gasteiger partial charge in [-0.1, -0.05) is 30.0 Å². The van der Waals surface area contributed by atoms with Crippen LogP contribution in [-0.4, -0.2) is 53.5 Å². The van der Waals surface area contributed by atoms with Crippen molar-refractivity contribution in [2.24, 2.45) is 10.9 Å². The Bertz CT molecular complexity index is 1020. The Morgan fingerprint density at radius 2 is 1.97 bits per heavy atom. The summed E-state index contributed by atoms with van der Waals surface area (Å²) in [5.74, 6) is 1.29. The van der Waals surface area contributed by atoms with Crippen molar-refractivity contribution in [1.82, 2.24) is 15.1 Å². The number of aliphatic imine (C=N–C) groups is 1. The summed E-state index contributed by atoms with van der Waals surface area (Å²) in [6, 6.07) is 7.35. The highest BCUT2D eigenvalue weighted by atomic mass is 32.2. The Morgan fingerprint density at radius 1 is 1.24 bits per heavy atom. The van der Waals surface area contributed by atoms with Gasteiger partial charge in [0.25, 0.3) is 5.91 Å². The fourth-order valence-electron chi connectivity index (χ4n) is 4.32. The highest BCUT2D eigenvalue weighted by Gasteiger charge is 2.42. The number of allylic oxidation sites excluding steroid dienone is 1. The Morgan fingerprint density at radius 3 is 2.64 bits per heavy atom. The van der Waals surface area contributed by atoms with Gasteiger partial charge >= 0.3 is 0 Å². The van der Waals surface area contributed by atoms with Crippen molar-refractivity contribution >= 4 is 28.7 Å². The first-order valence-corrected chi connectivity index (χ1v) is 12.5. The lowest BCUT2D eigenvalue weighted by Gasteiger charge is -2.38. The first kappa shape index (κ1) is 23.4. The molecule has 1 atom stereocenters. The summed E-state index contributed by atoms with van der Waals surface area (Å²) in [6.45, 7) is 7.82. The molecular formula is C25H32N4O3S. The lowest BCUT2D eigenvalue weighted by Crippen LogP contribution is -2.42. The molecule has 2 heterocycles. The number of rotatable bonds is 9. The molecule has 1 N–H and O–H groups in total. The van der Waals surface area contributed by atoms with Gasteiger partial charge in [-0.15, -0.1) is 0 Å². The van der Waals surface area contributed by atoms with E-state index in [0.717, 1.165) is 23.0 Å². The van der Waals surface area contributed by atoms with E-state index in [-0.39, 0.29) is 18.2 Å². The second-order valence-electron chi connectivity index (χ2n) is 8.54. The molecule has 0 saturated heterocycles. The van der Waals surface area contributed by atoms with Crippen LogP contribution in [0, 0.1) is 5.92 Å². The van der Waals surface area contributed by atoms with Crippen molar-refractivity contribution in [3.05, 3.63) is 52.2 Å². The number of hydrogen-bond acceptors (Lipinski definition) is 6. The molecule has 4 rings (SSSR count). The molecule has 1 aliphatic carbocycles. The van der Waals surface area contributed by atoms with Crippen LogP contribution in [0.3, 0.4) is 0 Å². The van der Waals surface area contributed by atoms with Gasteiger partial charge in [0.05, 0.1) is 30.8 Å². The van der Waals surface area contributed by atoms with E-state index in [0.29, 0.717) is 36.0 Å². The summed E-state index contributed by atoms with van der Waals surface area (Å²) in [6.07, 6.45) is 2.63. The van der Waals surface area contributed by atoms with Crippen LogP contribution in [0.15, 0.2) is 51.6 Å². The van der Waals surface area contributed by atoms with E-state index in [4.69, 9.17) is 9.73 Å².